The molecular weight excluding hydrogens is 381 g/mol. The second kappa shape index (κ2) is 7.38. The Morgan fingerprint density at radius 3 is 2.30 bits per heavy atom. The average Bonchev–Trinajstić information content (AvgIpc) is 3.11. The number of fused-ring (bicyclic) bond motifs is 1. The Labute approximate surface area is 173 Å². The van der Waals surface area contributed by atoms with Crippen LogP contribution < -0.4 is 10.6 Å². The van der Waals surface area contributed by atoms with Crippen molar-refractivity contribution in [3.05, 3.63) is 60.4 Å². The van der Waals surface area contributed by atoms with Gasteiger partial charge in [-0.3, -0.25) is 0 Å². The van der Waals surface area contributed by atoms with Crippen molar-refractivity contribution in [1.82, 2.24) is 24.6 Å². The summed E-state index contributed by atoms with van der Waals surface area (Å²) >= 11 is 0. The highest BCUT2D eigenvalue weighted by atomic mass is 19.1. The van der Waals surface area contributed by atoms with E-state index in [2.05, 4.69) is 21.9 Å². The molecule has 152 valence electrons. The van der Waals surface area contributed by atoms with Gasteiger partial charge < -0.3 is 15.5 Å². The molecule has 5 rings (SSSR count). The van der Waals surface area contributed by atoms with Gasteiger partial charge in [0.2, 0.25) is 5.95 Å². The van der Waals surface area contributed by atoms with Crippen LogP contribution in [0.5, 0.6) is 0 Å². The third-order valence-electron chi connectivity index (χ3n) is 5.46. The molecule has 0 spiro atoms. The van der Waals surface area contributed by atoms with Gasteiger partial charge in [-0.25, -0.2) is 14.1 Å². The molecule has 2 aromatic carbocycles. The molecule has 30 heavy (non-hydrogen) atoms. The number of nitrogens with zero attached hydrogens (tertiary/aromatic N) is 6. The van der Waals surface area contributed by atoms with Crippen molar-refractivity contribution in [2.45, 2.75) is 0 Å². The van der Waals surface area contributed by atoms with Crippen LogP contribution in [0.15, 0.2) is 54.6 Å². The summed E-state index contributed by atoms with van der Waals surface area (Å²) in [5.41, 5.74) is 9.32. The Balaban J connectivity index is 1.71. The highest BCUT2D eigenvalue weighted by Gasteiger charge is 2.23. The van der Waals surface area contributed by atoms with E-state index < -0.39 is 0 Å². The lowest BCUT2D eigenvalue weighted by molar-refractivity contribution is 0.311. The fraction of sp³-hybridized carbons (Fsp3) is 0.227. The molecule has 0 unspecified atom stereocenters. The number of benzene rings is 2. The summed E-state index contributed by atoms with van der Waals surface area (Å²) in [5.74, 6) is 0.782. The summed E-state index contributed by atoms with van der Waals surface area (Å²) in [6.07, 6.45) is 0. The minimum Gasteiger partial charge on any atom is -0.383 e. The molecule has 8 heteroatoms. The molecule has 3 heterocycles. The molecule has 2 N–H and O–H groups in total. The van der Waals surface area contributed by atoms with E-state index in [0.29, 0.717) is 28.5 Å². The van der Waals surface area contributed by atoms with Gasteiger partial charge >= 0.3 is 0 Å². The van der Waals surface area contributed by atoms with Crippen molar-refractivity contribution >= 4 is 22.8 Å². The number of rotatable bonds is 3. The summed E-state index contributed by atoms with van der Waals surface area (Å²) in [4.78, 5) is 14.0. The zero-order valence-electron chi connectivity index (χ0n) is 16.7. The predicted molar refractivity (Wildman–Crippen MR) is 116 cm³/mol. The number of aromatic nitrogens is 4. The number of nitrogen functional groups attached to an aromatic ring is 1. The van der Waals surface area contributed by atoms with Gasteiger partial charge in [-0.05, 0) is 43.4 Å². The molecule has 7 nitrogen and oxygen atoms in total. The highest BCUT2D eigenvalue weighted by Crippen LogP contribution is 2.33. The van der Waals surface area contributed by atoms with Crippen LogP contribution in [0.4, 0.5) is 16.2 Å². The molecule has 1 fully saturated rings. The summed E-state index contributed by atoms with van der Waals surface area (Å²) in [5, 5.41) is 5.36. The lowest BCUT2D eigenvalue weighted by Crippen LogP contribution is -2.45. The smallest absolute Gasteiger partial charge is 0.228 e. The van der Waals surface area contributed by atoms with Crippen LogP contribution in [-0.4, -0.2) is 57.9 Å². The molecule has 4 aromatic rings. The van der Waals surface area contributed by atoms with E-state index in [4.69, 9.17) is 15.7 Å². The molecule has 1 aliphatic heterocycles. The number of halogens is 1. The lowest BCUT2D eigenvalue weighted by atomic mass is 10.1. The van der Waals surface area contributed by atoms with Crippen LogP contribution in [0.2, 0.25) is 0 Å². The third kappa shape index (κ3) is 3.25. The minimum atomic E-state index is -0.295. The topological polar surface area (TPSA) is 76.1 Å². The maximum atomic E-state index is 13.5. The summed E-state index contributed by atoms with van der Waals surface area (Å²) in [6, 6.07) is 16.0. The molecule has 0 aliphatic carbocycles. The van der Waals surface area contributed by atoms with Gasteiger partial charge in [0, 0.05) is 31.7 Å². The van der Waals surface area contributed by atoms with Crippen LogP contribution in [0.1, 0.15) is 0 Å². The Morgan fingerprint density at radius 2 is 1.60 bits per heavy atom. The second-order valence-corrected chi connectivity index (χ2v) is 7.50. The Bertz CT molecular complexity index is 1180. The fourth-order valence-corrected chi connectivity index (χ4v) is 3.73. The van der Waals surface area contributed by atoms with Gasteiger partial charge in [-0.2, -0.15) is 4.98 Å². The van der Waals surface area contributed by atoms with Crippen molar-refractivity contribution in [3.63, 3.8) is 0 Å². The summed E-state index contributed by atoms with van der Waals surface area (Å²) in [6.45, 7) is 3.54. The number of hydrogen-bond donors (Lipinski definition) is 1. The first-order valence-electron chi connectivity index (χ1n) is 9.91. The van der Waals surface area contributed by atoms with Crippen LogP contribution in [0.25, 0.3) is 28.0 Å². The van der Waals surface area contributed by atoms with Crippen LogP contribution >= 0.6 is 0 Å². The van der Waals surface area contributed by atoms with E-state index in [-0.39, 0.29) is 5.82 Å². The monoisotopic (exact) mass is 403 g/mol. The predicted octanol–water partition coefficient (Wildman–Crippen LogP) is 2.96. The molecule has 0 radical (unpaired) electrons. The van der Waals surface area contributed by atoms with Gasteiger partial charge in [0.1, 0.15) is 11.6 Å². The highest BCUT2D eigenvalue weighted by molar-refractivity contribution is 5.99. The standard InChI is InChI=1S/C22H22FN7/c1-28-11-13-29(14-12-28)22-25-19(15-7-9-16(23)10-8-15)18-20(24)30(27-21(18)26-22)17-5-3-2-4-6-17/h2-10H,11-14,24H2,1H3. The van der Waals surface area contributed by atoms with E-state index in [9.17, 15) is 4.39 Å². The van der Waals surface area contributed by atoms with Gasteiger partial charge in [0.05, 0.1) is 16.8 Å². The Hall–Kier alpha value is -3.52. The average molecular weight is 403 g/mol. The van der Waals surface area contributed by atoms with Crippen molar-refractivity contribution in [2.24, 2.45) is 0 Å². The zero-order chi connectivity index (χ0) is 20.7. The van der Waals surface area contributed by atoms with Gasteiger partial charge in [-0.15, -0.1) is 5.10 Å². The molecule has 1 saturated heterocycles. The van der Waals surface area contributed by atoms with Crippen LogP contribution in [0, 0.1) is 5.82 Å². The first kappa shape index (κ1) is 18.5. The molecule has 0 atom stereocenters. The van der Waals surface area contributed by atoms with E-state index in [0.717, 1.165) is 37.4 Å². The SMILES string of the molecule is CN1CCN(c2nc(-c3ccc(F)cc3)c3c(N)n(-c4ccccc4)nc3n2)CC1. The van der Waals surface area contributed by atoms with Gasteiger partial charge in [-0.1, -0.05) is 18.2 Å². The number of piperazine rings is 1. The number of para-hydroxylation sites is 1. The Morgan fingerprint density at radius 1 is 0.900 bits per heavy atom. The van der Waals surface area contributed by atoms with Crippen molar-refractivity contribution < 1.29 is 4.39 Å². The van der Waals surface area contributed by atoms with Gasteiger partial charge in [0.15, 0.2) is 5.65 Å². The Kier molecular flexibility index (Phi) is 4.55. The maximum Gasteiger partial charge on any atom is 0.228 e. The summed E-state index contributed by atoms with van der Waals surface area (Å²) < 4.78 is 15.2. The van der Waals surface area contributed by atoms with Crippen molar-refractivity contribution in [3.8, 4) is 16.9 Å². The second-order valence-electron chi connectivity index (χ2n) is 7.50. The van der Waals surface area contributed by atoms with Crippen molar-refractivity contribution in [1.29, 1.82) is 0 Å². The number of anilines is 2. The quantitative estimate of drug-likeness (QED) is 0.567. The van der Waals surface area contributed by atoms with E-state index in [1.54, 1.807) is 16.8 Å². The normalized spacial score (nSPS) is 15.1. The third-order valence-corrected chi connectivity index (χ3v) is 5.46. The lowest BCUT2D eigenvalue weighted by Gasteiger charge is -2.32. The van der Waals surface area contributed by atoms with E-state index in [1.165, 1.54) is 12.1 Å². The van der Waals surface area contributed by atoms with E-state index >= 15 is 0 Å². The molecule has 0 saturated carbocycles. The number of hydrogen-bond acceptors (Lipinski definition) is 6. The van der Waals surface area contributed by atoms with Crippen LogP contribution in [-0.2, 0) is 0 Å². The van der Waals surface area contributed by atoms with E-state index in [1.807, 2.05) is 30.3 Å². The molecule has 2 aromatic heterocycles. The molecule has 0 bridgehead atoms. The number of nitrogens with two attached hydrogens (primary N) is 1. The van der Waals surface area contributed by atoms with Crippen LogP contribution in [0.3, 0.4) is 0 Å². The van der Waals surface area contributed by atoms with Crippen molar-refractivity contribution in [2.75, 3.05) is 43.9 Å². The molecule has 1 aliphatic rings. The largest absolute Gasteiger partial charge is 0.383 e. The maximum absolute atomic E-state index is 13.5. The summed E-state index contributed by atoms with van der Waals surface area (Å²) in [7, 11) is 2.10. The first-order valence-corrected chi connectivity index (χ1v) is 9.91. The zero-order valence-corrected chi connectivity index (χ0v) is 16.7. The molecule has 0 amide bonds. The first-order chi connectivity index (χ1) is 14.6. The fourth-order valence-electron chi connectivity index (χ4n) is 3.73. The van der Waals surface area contributed by atoms with Gasteiger partial charge in [0.25, 0.3) is 0 Å². The minimum absolute atomic E-state index is 0.295. The number of likely N-dealkylation sites (N-methyl/N-ethyl adjacent to an activating group) is 1. The molecular formula is C22H22FN7.